The Bertz CT molecular complexity index is 725. The molecule has 1 aromatic carbocycles. The van der Waals surface area contributed by atoms with Crippen LogP contribution in [-0.2, 0) is 0 Å². The Balaban J connectivity index is 1.36. The first-order valence-electron chi connectivity index (χ1n) is 13.2. The van der Waals surface area contributed by atoms with E-state index < -0.39 is 28.6 Å². The number of alkyl halides is 2. The van der Waals surface area contributed by atoms with Crippen LogP contribution in [-0.4, -0.2) is 8.80 Å². The summed E-state index contributed by atoms with van der Waals surface area (Å²) in [5.74, 6) is -0.892. The SMILES string of the molecule is CCCCC[Si]1CCC(CCCCC2CCC(c3cc(F)c(Cl)c(F)c3C(F)F)CC2)CC1. The summed E-state index contributed by atoms with van der Waals surface area (Å²) in [4.78, 5) is 0. The number of halogens is 5. The first-order chi connectivity index (χ1) is 15.9. The lowest BCUT2D eigenvalue weighted by Gasteiger charge is -2.30. The van der Waals surface area contributed by atoms with Gasteiger partial charge in [-0.2, -0.15) is 0 Å². The molecule has 2 fully saturated rings. The molecule has 2 aliphatic rings. The van der Waals surface area contributed by atoms with Crippen LogP contribution in [0.3, 0.4) is 0 Å². The molecule has 6 heteroatoms. The van der Waals surface area contributed by atoms with Crippen LogP contribution < -0.4 is 0 Å². The average Bonchev–Trinajstić information content (AvgIpc) is 2.81. The molecule has 1 aliphatic heterocycles. The van der Waals surface area contributed by atoms with Crippen molar-refractivity contribution in [1.29, 1.82) is 0 Å². The van der Waals surface area contributed by atoms with Crippen molar-refractivity contribution in [3.05, 3.63) is 33.9 Å². The van der Waals surface area contributed by atoms with Crippen molar-refractivity contribution in [3.63, 3.8) is 0 Å². The Hall–Kier alpha value is -0.553. The molecule has 33 heavy (non-hydrogen) atoms. The summed E-state index contributed by atoms with van der Waals surface area (Å²) in [5.41, 5.74) is -0.581. The number of hydrogen-bond acceptors (Lipinski definition) is 0. The lowest BCUT2D eigenvalue weighted by molar-refractivity contribution is 0.143. The van der Waals surface area contributed by atoms with Crippen LogP contribution in [0, 0.1) is 23.5 Å². The fourth-order valence-electron chi connectivity index (χ4n) is 6.06. The largest absolute Gasteiger partial charge is 0.267 e. The molecule has 0 spiro atoms. The highest BCUT2D eigenvalue weighted by Gasteiger charge is 2.30. The van der Waals surface area contributed by atoms with Gasteiger partial charge in [-0.1, -0.05) is 94.4 Å². The molecule has 3 rings (SSSR count). The van der Waals surface area contributed by atoms with Gasteiger partial charge in [-0.25, -0.2) is 17.6 Å². The minimum absolute atomic E-state index is 0.0450. The van der Waals surface area contributed by atoms with E-state index in [1.807, 2.05) is 0 Å². The molecule has 0 atom stereocenters. The second-order valence-electron chi connectivity index (χ2n) is 10.4. The minimum Gasteiger partial charge on any atom is -0.205 e. The van der Waals surface area contributed by atoms with Crippen molar-refractivity contribution >= 4 is 20.4 Å². The van der Waals surface area contributed by atoms with Crippen molar-refractivity contribution < 1.29 is 17.6 Å². The van der Waals surface area contributed by atoms with Crippen molar-refractivity contribution in [1.82, 2.24) is 0 Å². The van der Waals surface area contributed by atoms with E-state index in [0.717, 1.165) is 37.7 Å². The van der Waals surface area contributed by atoms with Crippen LogP contribution in [0.5, 0.6) is 0 Å². The Morgan fingerprint density at radius 2 is 1.52 bits per heavy atom. The summed E-state index contributed by atoms with van der Waals surface area (Å²) in [6, 6.07) is 5.62. The first kappa shape index (κ1) is 27.0. The average molecular weight is 504 g/mol. The van der Waals surface area contributed by atoms with Crippen LogP contribution in [0.25, 0.3) is 0 Å². The van der Waals surface area contributed by atoms with Crippen LogP contribution in [0.1, 0.15) is 114 Å². The van der Waals surface area contributed by atoms with E-state index in [9.17, 15) is 17.6 Å². The van der Waals surface area contributed by atoms with E-state index in [1.54, 1.807) is 0 Å². The Kier molecular flexibility index (Phi) is 11.1. The third-order valence-corrected chi connectivity index (χ3v) is 11.6. The second kappa shape index (κ2) is 13.5. The molecule has 0 N–H and O–H groups in total. The Morgan fingerprint density at radius 1 is 0.909 bits per heavy atom. The summed E-state index contributed by atoms with van der Waals surface area (Å²) >= 11 is 5.54. The van der Waals surface area contributed by atoms with Crippen LogP contribution in [0.2, 0.25) is 23.2 Å². The molecular weight excluding hydrogens is 464 g/mol. The smallest absolute Gasteiger partial charge is 0.205 e. The standard InChI is InChI=1S/C27H40ClF4Si/c1-2-3-6-15-33-16-13-20(14-17-33)8-5-4-7-19-9-11-21(12-10-19)22-18-23(29)25(28)26(30)24(22)27(31)32/h18-21,27H,2-17H2,1H3. The normalized spacial score (nSPS) is 22.9. The fraction of sp³-hybridized carbons (Fsp3) is 0.778. The molecule has 0 bridgehead atoms. The number of rotatable bonds is 11. The maximum atomic E-state index is 14.2. The Labute approximate surface area is 204 Å². The molecule has 1 heterocycles. The highest BCUT2D eigenvalue weighted by Crippen LogP contribution is 2.43. The third kappa shape index (κ3) is 7.72. The first-order valence-corrected chi connectivity index (χ1v) is 15.7. The van der Waals surface area contributed by atoms with Gasteiger partial charge in [0.05, 0.1) is 5.56 Å². The second-order valence-corrected chi connectivity index (χ2v) is 13.8. The van der Waals surface area contributed by atoms with Gasteiger partial charge in [-0.15, -0.1) is 0 Å². The van der Waals surface area contributed by atoms with Crippen molar-refractivity contribution in [3.8, 4) is 0 Å². The number of unbranched alkanes of at least 4 members (excludes halogenated alkanes) is 3. The van der Waals surface area contributed by atoms with Crippen LogP contribution in [0.15, 0.2) is 6.07 Å². The molecule has 1 saturated carbocycles. The summed E-state index contributed by atoms with van der Waals surface area (Å²) in [6.45, 7) is 2.28. The van der Waals surface area contributed by atoms with Gasteiger partial charge in [0.1, 0.15) is 10.8 Å². The molecule has 1 aliphatic carbocycles. The zero-order valence-corrected chi connectivity index (χ0v) is 21.8. The predicted molar refractivity (Wildman–Crippen MR) is 132 cm³/mol. The van der Waals surface area contributed by atoms with Crippen molar-refractivity contribution in [2.45, 2.75) is 121 Å². The molecular formula is C27H40ClF4Si. The highest BCUT2D eigenvalue weighted by molar-refractivity contribution is 6.58. The summed E-state index contributed by atoms with van der Waals surface area (Å²) in [7, 11) is -0.0450. The van der Waals surface area contributed by atoms with E-state index in [-0.39, 0.29) is 20.3 Å². The monoisotopic (exact) mass is 503 g/mol. The van der Waals surface area contributed by atoms with Crippen LogP contribution in [0.4, 0.5) is 17.6 Å². The van der Waals surface area contributed by atoms with Gasteiger partial charge in [0.2, 0.25) is 0 Å². The van der Waals surface area contributed by atoms with E-state index in [4.69, 9.17) is 11.6 Å². The van der Waals surface area contributed by atoms with Crippen LogP contribution >= 0.6 is 11.6 Å². The molecule has 0 aromatic heterocycles. The molecule has 1 saturated heterocycles. The van der Waals surface area contributed by atoms with Gasteiger partial charge < -0.3 is 0 Å². The maximum Gasteiger partial charge on any atom is 0.267 e. The van der Waals surface area contributed by atoms with Gasteiger partial charge in [0.25, 0.3) is 6.43 Å². The number of hydrogen-bond donors (Lipinski definition) is 0. The molecule has 1 aromatic rings. The third-order valence-electron chi connectivity index (χ3n) is 8.16. The van der Waals surface area contributed by atoms with Gasteiger partial charge in [0.15, 0.2) is 5.82 Å². The maximum absolute atomic E-state index is 14.2. The topological polar surface area (TPSA) is 0 Å². The zero-order chi connectivity index (χ0) is 23.8. The molecule has 1 radical (unpaired) electrons. The van der Waals surface area contributed by atoms with E-state index in [0.29, 0.717) is 5.92 Å². The highest BCUT2D eigenvalue weighted by atomic mass is 35.5. The molecule has 187 valence electrons. The lowest BCUT2D eigenvalue weighted by atomic mass is 9.75. The van der Waals surface area contributed by atoms with Gasteiger partial charge in [-0.3, -0.25) is 0 Å². The van der Waals surface area contributed by atoms with E-state index >= 15 is 0 Å². The molecule has 0 nitrogen and oxygen atoms in total. The molecule has 0 unspecified atom stereocenters. The molecule has 0 amide bonds. The quantitative estimate of drug-likeness (QED) is 0.122. The van der Waals surface area contributed by atoms with Gasteiger partial charge in [0, 0.05) is 8.80 Å². The van der Waals surface area contributed by atoms with Gasteiger partial charge in [-0.05, 0) is 55.1 Å². The summed E-state index contributed by atoms with van der Waals surface area (Å²) < 4.78 is 55.1. The van der Waals surface area contributed by atoms with E-state index in [1.165, 1.54) is 75.9 Å². The fourth-order valence-corrected chi connectivity index (χ4v) is 9.35. The predicted octanol–water partition coefficient (Wildman–Crippen LogP) is 10.5. The summed E-state index contributed by atoms with van der Waals surface area (Å²) in [6.07, 6.45) is 12.5. The van der Waals surface area contributed by atoms with Crippen molar-refractivity contribution in [2.75, 3.05) is 0 Å². The Morgan fingerprint density at radius 3 is 2.09 bits per heavy atom. The number of benzene rings is 1. The van der Waals surface area contributed by atoms with Gasteiger partial charge >= 0.3 is 0 Å². The summed E-state index contributed by atoms with van der Waals surface area (Å²) in [5, 5.41) is -0.825. The lowest BCUT2D eigenvalue weighted by Crippen LogP contribution is -2.21. The van der Waals surface area contributed by atoms with E-state index in [2.05, 4.69) is 6.92 Å². The van der Waals surface area contributed by atoms with Crippen molar-refractivity contribution in [2.24, 2.45) is 11.8 Å². The zero-order valence-electron chi connectivity index (χ0n) is 20.1. The minimum atomic E-state index is -2.98.